The third kappa shape index (κ3) is 2.69. The fourth-order valence-corrected chi connectivity index (χ4v) is 3.02. The number of carbonyl (C=O) groups excluding carboxylic acids is 2. The van der Waals surface area contributed by atoms with E-state index in [1.54, 1.807) is 36.0 Å². The number of amides is 2. The second-order valence-electron chi connectivity index (χ2n) is 4.82. The van der Waals surface area contributed by atoms with Crippen molar-refractivity contribution >= 4 is 50.7 Å². The fourth-order valence-electron chi connectivity index (χ4n) is 2.28. The molecule has 0 radical (unpaired) electrons. The highest BCUT2D eigenvalue weighted by atomic mass is 79.9. The van der Waals surface area contributed by atoms with E-state index in [2.05, 4.69) is 26.6 Å². The number of nitrogens with one attached hydrogen (secondary N) is 2. The topological polar surface area (TPSA) is 63.1 Å². The molecule has 0 atom stereocenters. The SMILES string of the molecule is Cn1cc(Br)cc1C(=O)Nc1cc2c(cc1Cl)NC(=O)C2. The summed E-state index contributed by atoms with van der Waals surface area (Å²) in [6.07, 6.45) is 2.09. The van der Waals surface area contributed by atoms with Gasteiger partial charge in [-0.1, -0.05) is 11.6 Å². The van der Waals surface area contributed by atoms with E-state index in [0.717, 1.165) is 10.0 Å². The van der Waals surface area contributed by atoms with Gasteiger partial charge in [-0.15, -0.1) is 0 Å². The van der Waals surface area contributed by atoms with E-state index in [-0.39, 0.29) is 11.8 Å². The van der Waals surface area contributed by atoms with Gasteiger partial charge >= 0.3 is 0 Å². The van der Waals surface area contributed by atoms with Crippen LogP contribution < -0.4 is 10.6 Å². The van der Waals surface area contributed by atoms with Crippen molar-refractivity contribution in [1.82, 2.24) is 4.57 Å². The first-order chi connectivity index (χ1) is 9.94. The molecule has 0 spiro atoms. The summed E-state index contributed by atoms with van der Waals surface area (Å²) in [6, 6.07) is 5.10. The van der Waals surface area contributed by atoms with Gasteiger partial charge in [0.2, 0.25) is 5.91 Å². The van der Waals surface area contributed by atoms with Crippen LogP contribution in [-0.4, -0.2) is 16.4 Å². The standard InChI is InChI=1S/C14H11BrClN3O2/c1-19-6-8(15)4-12(19)14(21)18-11-2-7-3-13(20)17-10(7)5-9(11)16/h2,4-6H,3H2,1H3,(H,17,20)(H,18,21). The number of benzene rings is 1. The number of aromatic nitrogens is 1. The summed E-state index contributed by atoms with van der Waals surface area (Å²) in [5, 5.41) is 5.88. The Balaban J connectivity index is 1.89. The largest absolute Gasteiger partial charge is 0.345 e. The quantitative estimate of drug-likeness (QED) is 0.855. The monoisotopic (exact) mass is 367 g/mol. The number of rotatable bonds is 2. The molecule has 2 N–H and O–H groups in total. The molecule has 21 heavy (non-hydrogen) atoms. The second kappa shape index (κ2) is 5.20. The van der Waals surface area contributed by atoms with Crippen LogP contribution in [0.25, 0.3) is 0 Å². The lowest BCUT2D eigenvalue weighted by molar-refractivity contribution is -0.115. The fraction of sp³-hybridized carbons (Fsp3) is 0.143. The molecule has 2 heterocycles. The first-order valence-corrected chi connectivity index (χ1v) is 7.36. The van der Waals surface area contributed by atoms with Gasteiger partial charge in [0.1, 0.15) is 5.69 Å². The number of nitrogens with zero attached hydrogens (tertiary/aromatic N) is 1. The van der Waals surface area contributed by atoms with E-state index in [1.165, 1.54) is 0 Å². The van der Waals surface area contributed by atoms with Crippen LogP contribution in [0.2, 0.25) is 5.02 Å². The minimum atomic E-state index is -0.262. The van der Waals surface area contributed by atoms with Crippen molar-refractivity contribution in [3.05, 3.63) is 45.1 Å². The highest BCUT2D eigenvalue weighted by molar-refractivity contribution is 9.10. The summed E-state index contributed by atoms with van der Waals surface area (Å²) in [7, 11) is 1.78. The molecule has 1 aromatic heterocycles. The molecule has 2 amide bonds. The Bertz CT molecular complexity index is 770. The first kappa shape index (κ1) is 14.2. The van der Waals surface area contributed by atoms with Gasteiger partial charge in [-0.3, -0.25) is 9.59 Å². The van der Waals surface area contributed by atoms with Crippen LogP contribution in [0.5, 0.6) is 0 Å². The maximum atomic E-state index is 12.3. The van der Waals surface area contributed by atoms with Crippen molar-refractivity contribution in [2.24, 2.45) is 7.05 Å². The molecule has 2 aromatic rings. The van der Waals surface area contributed by atoms with Crippen molar-refractivity contribution in [1.29, 1.82) is 0 Å². The van der Waals surface area contributed by atoms with Crippen LogP contribution in [0.1, 0.15) is 16.1 Å². The number of halogens is 2. The van der Waals surface area contributed by atoms with Crippen molar-refractivity contribution in [2.45, 2.75) is 6.42 Å². The van der Waals surface area contributed by atoms with E-state index >= 15 is 0 Å². The molecule has 1 aliphatic rings. The zero-order valence-electron chi connectivity index (χ0n) is 11.0. The van der Waals surface area contributed by atoms with Crippen LogP contribution in [0, 0.1) is 0 Å². The van der Waals surface area contributed by atoms with Crippen LogP contribution in [-0.2, 0) is 18.3 Å². The lowest BCUT2D eigenvalue weighted by Crippen LogP contribution is -2.15. The van der Waals surface area contributed by atoms with Gasteiger partial charge < -0.3 is 15.2 Å². The molecule has 0 aliphatic carbocycles. The van der Waals surface area contributed by atoms with E-state index in [1.807, 2.05) is 0 Å². The highest BCUT2D eigenvalue weighted by Crippen LogP contribution is 2.33. The number of hydrogen-bond acceptors (Lipinski definition) is 2. The second-order valence-corrected chi connectivity index (χ2v) is 6.15. The third-order valence-corrected chi connectivity index (χ3v) is 4.02. The van der Waals surface area contributed by atoms with Crippen LogP contribution in [0.3, 0.4) is 0 Å². The summed E-state index contributed by atoms with van der Waals surface area (Å²) in [5.74, 6) is -0.335. The van der Waals surface area contributed by atoms with Crippen molar-refractivity contribution in [3.8, 4) is 0 Å². The van der Waals surface area contributed by atoms with Gasteiger partial charge in [-0.05, 0) is 39.7 Å². The number of anilines is 2. The lowest BCUT2D eigenvalue weighted by atomic mass is 10.1. The van der Waals surface area contributed by atoms with Gasteiger partial charge in [-0.25, -0.2) is 0 Å². The van der Waals surface area contributed by atoms with E-state index in [4.69, 9.17) is 11.6 Å². The minimum absolute atomic E-state index is 0.0732. The first-order valence-electron chi connectivity index (χ1n) is 6.19. The number of aryl methyl sites for hydroxylation is 1. The molecule has 0 bridgehead atoms. The van der Waals surface area contributed by atoms with Gasteiger partial charge in [0.15, 0.2) is 0 Å². The molecule has 5 nitrogen and oxygen atoms in total. The Morgan fingerprint density at radius 2 is 2.19 bits per heavy atom. The predicted molar refractivity (Wildman–Crippen MR) is 84.9 cm³/mol. The molecule has 1 aliphatic heterocycles. The molecule has 0 saturated heterocycles. The smallest absolute Gasteiger partial charge is 0.272 e. The zero-order valence-corrected chi connectivity index (χ0v) is 13.4. The molecule has 0 fully saturated rings. The highest BCUT2D eigenvalue weighted by Gasteiger charge is 2.21. The Morgan fingerprint density at radius 1 is 1.43 bits per heavy atom. The molecular formula is C14H11BrClN3O2. The van der Waals surface area contributed by atoms with Crippen LogP contribution in [0.4, 0.5) is 11.4 Å². The van der Waals surface area contributed by atoms with Gasteiger partial charge in [0, 0.05) is 23.4 Å². The molecule has 0 saturated carbocycles. The minimum Gasteiger partial charge on any atom is -0.345 e. The van der Waals surface area contributed by atoms with Crippen LogP contribution in [0.15, 0.2) is 28.9 Å². The Labute approximate surface area is 134 Å². The molecule has 1 aromatic carbocycles. The van der Waals surface area contributed by atoms with Crippen molar-refractivity contribution in [2.75, 3.05) is 10.6 Å². The number of hydrogen-bond donors (Lipinski definition) is 2. The van der Waals surface area contributed by atoms with E-state index < -0.39 is 0 Å². The Kier molecular flexibility index (Phi) is 3.51. The summed E-state index contributed by atoms with van der Waals surface area (Å²) < 4.78 is 2.54. The molecular weight excluding hydrogens is 358 g/mol. The Morgan fingerprint density at radius 3 is 2.86 bits per heavy atom. The number of fused-ring (bicyclic) bond motifs is 1. The summed E-state index contributed by atoms with van der Waals surface area (Å²) in [4.78, 5) is 23.6. The molecule has 3 rings (SSSR count). The van der Waals surface area contributed by atoms with Crippen LogP contribution >= 0.6 is 27.5 Å². The average molecular weight is 369 g/mol. The molecule has 0 unspecified atom stereocenters. The normalized spacial score (nSPS) is 13.0. The average Bonchev–Trinajstić information content (AvgIpc) is 2.91. The van der Waals surface area contributed by atoms with Gasteiger partial charge in [0.05, 0.1) is 17.1 Å². The van der Waals surface area contributed by atoms with Crippen molar-refractivity contribution < 1.29 is 9.59 Å². The van der Waals surface area contributed by atoms with Gasteiger partial charge in [0.25, 0.3) is 5.91 Å². The van der Waals surface area contributed by atoms with Gasteiger partial charge in [-0.2, -0.15) is 0 Å². The van der Waals surface area contributed by atoms with Crippen molar-refractivity contribution in [3.63, 3.8) is 0 Å². The Hall–Kier alpha value is -1.79. The maximum absolute atomic E-state index is 12.3. The summed E-state index contributed by atoms with van der Waals surface area (Å²) in [6.45, 7) is 0. The van der Waals surface area contributed by atoms with E-state index in [0.29, 0.717) is 28.5 Å². The zero-order chi connectivity index (χ0) is 15.1. The third-order valence-electron chi connectivity index (χ3n) is 3.27. The summed E-state index contributed by atoms with van der Waals surface area (Å²) >= 11 is 9.48. The molecule has 7 heteroatoms. The number of carbonyl (C=O) groups is 2. The summed E-state index contributed by atoms with van der Waals surface area (Å²) in [5.41, 5.74) is 2.53. The molecule has 108 valence electrons. The maximum Gasteiger partial charge on any atom is 0.272 e. The predicted octanol–water partition coefficient (Wildman–Crippen LogP) is 3.19. The van der Waals surface area contributed by atoms with E-state index in [9.17, 15) is 9.59 Å². The lowest BCUT2D eigenvalue weighted by Gasteiger charge is -2.10.